The van der Waals surface area contributed by atoms with E-state index in [0.717, 1.165) is 11.3 Å². The highest BCUT2D eigenvalue weighted by molar-refractivity contribution is 5.99. The fourth-order valence-corrected chi connectivity index (χ4v) is 1.73. The first kappa shape index (κ1) is 13.0. The van der Waals surface area contributed by atoms with Gasteiger partial charge in [0.15, 0.2) is 5.84 Å². The van der Waals surface area contributed by atoms with Gasteiger partial charge in [-0.2, -0.15) is 0 Å². The van der Waals surface area contributed by atoms with Crippen molar-refractivity contribution in [3.8, 4) is 11.5 Å². The van der Waals surface area contributed by atoms with Crippen LogP contribution in [0.25, 0.3) is 0 Å². The molecule has 0 atom stereocenters. The van der Waals surface area contributed by atoms with E-state index in [2.05, 4.69) is 5.16 Å². The SMILES string of the molecule is Cc1ccc(Oc2ccccc2/C(N)=N/O)cc1C. The van der Waals surface area contributed by atoms with Crippen LogP contribution in [0.4, 0.5) is 0 Å². The molecular weight excluding hydrogens is 240 g/mol. The van der Waals surface area contributed by atoms with Crippen molar-refractivity contribution in [2.24, 2.45) is 10.9 Å². The average molecular weight is 256 g/mol. The summed E-state index contributed by atoms with van der Waals surface area (Å²) < 4.78 is 5.80. The lowest BCUT2D eigenvalue weighted by Gasteiger charge is -2.11. The minimum absolute atomic E-state index is 0.0273. The number of hydrogen-bond donors (Lipinski definition) is 2. The number of nitrogens with zero attached hydrogens (tertiary/aromatic N) is 1. The topological polar surface area (TPSA) is 67.8 Å². The van der Waals surface area contributed by atoms with Crippen molar-refractivity contribution in [3.63, 3.8) is 0 Å². The van der Waals surface area contributed by atoms with Gasteiger partial charge in [0.05, 0.1) is 5.56 Å². The van der Waals surface area contributed by atoms with Gasteiger partial charge in [-0.05, 0) is 49.2 Å². The van der Waals surface area contributed by atoms with E-state index >= 15 is 0 Å². The maximum atomic E-state index is 8.77. The fourth-order valence-electron chi connectivity index (χ4n) is 1.73. The van der Waals surface area contributed by atoms with E-state index in [-0.39, 0.29) is 5.84 Å². The van der Waals surface area contributed by atoms with Crippen LogP contribution in [0.3, 0.4) is 0 Å². The minimum atomic E-state index is 0.0273. The maximum absolute atomic E-state index is 8.77. The number of oxime groups is 1. The number of aryl methyl sites for hydroxylation is 2. The van der Waals surface area contributed by atoms with Crippen LogP contribution in [0, 0.1) is 13.8 Å². The number of hydrogen-bond acceptors (Lipinski definition) is 3. The summed E-state index contributed by atoms with van der Waals surface area (Å²) in [5, 5.41) is 11.8. The first-order valence-electron chi connectivity index (χ1n) is 5.94. The molecule has 0 radical (unpaired) electrons. The standard InChI is InChI=1S/C15H16N2O2/c1-10-7-8-12(9-11(10)2)19-14-6-4-3-5-13(14)15(16)17-18/h3-9,18H,1-2H3,(H2,16,17). The van der Waals surface area contributed by atoms with E-state index in [1.807, 2.05) is 38.1 Å². The van der Waals surface area contributed by atoms with E-state index < -0.39 is 0 Å². The summed E-state index contributed by atoms with van der Waals surface area (Å²) in [7, 11) is 0. The quantitative estimate of drug-likeness (QED) is 0.383. The first-order valence-corrected chi connectivity index (χ1v) is 5.94. The molecule has 0 spiro atoms. The Morgan fingerprint density at radius 1 is 1.11 bits per heavy atom. The molecule has 19 heavy (non-hydrogen) atoms. The molecule has 0 heterocycles. The molecule has 0 aliphatic heterocycles. The summed E-state index contributed by atoms with van der Waals surface area (Å²) in [5.74, 6) is 1.31. The highest BCUT2D eigenvalue weighted by Gasteiger charge is 2.08. The van der Waals surface area contributed by atoms with Crippen molar-refractivity contribution in [1.29, 1.82) is 0 Å². The predicted octanol–water partition coefficient (Wildman–Crippen LogP) is 3.19. The molecular formula is C15H16N2O2. The molecule has 2 rings (SSSR count). The molecule has 0 saturated heterocycles. The van der Waals surface area contributed by atoms with Crippen molar-refractivity contribution in [3.05, 3.63) is 59.2 Å². The summed E-state index contributed by atoms with van der Waals surface area (Å²) in [5.41, 5.74) is 8.54. The summed E-state index contributed by atoms with van der Waals surface area (Å²) in [6.45, 7) is 4.07. The lowest BCUT2D eigenvalue weighted by Crippen LogP contribution is -2.14. The predicted molar refractivity (Wildman–Crippen MR) is 74.9 cm³/mol. The molecule has 0 unspecified atom stereocenters. The molecule has 2 aromatic rings. The zero-order valence-corrected chi connectivity index (χ0v) is 10.9. The van der Waals surface area contributed by atoms with Crippen molar-refractivity contribution in [1.82, 2.24) is 0 Å². The third-order valence-electron chi connectivity index (χ3n) is 2.98. The molecule has 2 aromatic carbocycles. The average Bonchev–Trinajstić information content (AvgIpc) is 2.43. The van der Waals surface area contributed by atoms with Gasteiger partial charge in [0.1, 0.15) is 11.5 Å². The monoisotopic (exact) mass is 256 g/mol. The van der Waals surface area contributed by atoms with Crippen LogP contribution in [0.5, 0.6) is 11.5 Å². The minimum Gasteiger partial charge on any atom is -0.457 e. The van der Waals surface area contributed by atoms with Crippen molar-refractivity contribution >= 4 is 5.84 Å². The second-order valence-corrected chi connectivity index (χ2v) is 4.33. The molecule has 0 aromatic heterocycles. The van der Waals surface area contributed by atoms with Crippen LogP contribution in [-0.2, 0) is 0 Å². The lowest BCUT2D eigenvalue weighted by molar-refractivity contribution is 0.318. The Kier molecular flexibility index (Phi) is 3.71. The molecule has 0 aliphatic rings. The zero-order valence-electron chi connectivity index (χ0n) is 10.9. The third-order valence-corrected chi connectivity index (χ3v) is 2.98. The summed E-state index contributed by atoms with van der Waals surface area (Å²) in [4.78, 5) is 0. The van der Waals surface area contributed by atoms with E-state index in [1.165, 1.54) is 5.56 Å². The Hall–Kier alpha value is -2.49. The molecule has 3 N–H and O–H groups in total. The van der Waals surface area contributed by atoms with Crippen LogP contribution >= 0.6 is 0 Å². The largest absolute Gasteiger partial charge is 0.457 e. The van der Waals surface area contributed by atoms with E-state index in [4.69, 9.17) is 15.7 Å². The van der Waals surface area contributed by atoms with Gasteiger partial charge in [0.25, 0.3) is 0 Å². The molecule has 4 heteroatoms. The second-order valence-electron chi connectivity index (χ2n) is 4.33. The maximum Gasteiger partial charge on any atom is 0.173 e. The third kappa shape index (κ3) is 2.85. The molecule has 0 bridgehead atoms. The molecule has 0 aliphatic carbocycles. The van der Waals surface area contributed by atoms with Gasteiger partial charge in [0, 0.05) is 0 Å². The smallest absolute Gasteiger partial charge is 0.173 e. The molecule has 0 amide bonds. The van der Waals surface area contributed by atoms with Gasteiger partial charge in [-0.3, -0.25) is 0 Å². The summed E-state index contributed by atoms with van der Waals surface area (Å²) in [6, 6.07) is 13.0. The van der Waals surface area contributed by atoms with Gasteiger partial charge in [-0.15, -0.1) is 0 Å². The van der Waals surface area contributed by atoms with Gasteiger partial charge in [-0.1, -0.05) is 23.4 Å². The fraction of sp³-hybridized carbons (Fsp3) is 0.133. The Morgan fingerprint density at radius 2 is 1.84 bits per heavy atom. The normalized spacial score (nSPS) is 11.4. The van der Waals surface area contributed by atoms with Crippen molar-refractivity contribution in [2.45, 2.75) is 13.8 Å². The van der Waals surface area contributed by atoms with Crippen LogP contribution in [-0.4, -0.2) is 11.0 Å². The van der Waals surface area contributed by atoms with Gasteiger partial charge in [-0.25, -0.2) is 0 Å². The number of para-hydroxylation sites is 1. The molecule has 98 valence electrons. The zero-order chi connectivity index (χ0) is 13.8. The van der Waals surface area contributed by atoms with Gasteiger partial charge >= 0.3 is 0 Å². The van der Waals surface area contributed by atoms with Gasteiger partial charge in [0.2, 0.25) is 0 Å². The van der Waals surface area contributed by atoms with Crippen LogP contribution in [0.2, 0.25) is 0 Å². The number of ether oxygens (including phenoxy) is 1. The van der Waals surface area contributed by atoms with E-state index in [9.17, 15) is 0 Å². The van der Waals surface area contributed by atoms with Gasteiger partial charge < -0.3 is 15.7 Å². The van der Waals surface area contributed by atoms with Crippen molar-refractivity contribution < 1.29 is 9.94 Å². The van der Waals surface area contributed by atoms with Crippen LogP contribution < -0.4 is 10.5 Å². The molecule has 0 fully saturated rings. The Balaban J connectivity index is 2.35. The Bertz CT molecular complexity index is 621. The lowest BCUT2D eigenvalue weighted by atomic mass is 10.1. The Labute approximate surface area is 112 Å². The summed E-state index contributed by atoms with van der Waals surface area (Å²) in [6.07, 6.45) is 0. The molecule has 4 nitrogen and oxygen atoms in total. The second kappa shape index (κ2) is 5.44. The number of amidine groups is 1. The number of benzene rings is 2. The van der Waals surface area contributed by atoms with Crippen molar-refractivity contribution in [2.75, 3.05) is 0 Å². The van der Waals surface area contributed by atoms with E-state index in [0.29, 0.717) is 11.3 Å². The van der Waals surface area contributed by atoms with E-state index in [1.54, 1.807) is 18.2 Å². The molecule has 0 saturated carbocycles. The summed E-state index contributed by atoms with van der Waals surface area (Å²) >= 11 is 0. The highest BCUT2D eigenvalue weighted by atomic mass is 16.5. The number of nitrogens with two attached hydrogens (primary N) is 1. The number of rotatable bonds is 3. The van der Waals surface area contributed by atoms with Crippen LogP contribution in [0.1, 0.15) is 16.7 Å². The Morgan fingerprint density at radius 3 is 2.53 bits per heavy atom. The first-order chi connectivity index (χ1) is 9.11. The van der Waals surface area contributed by atoms with Crippen LogP contribution in [0.15, 0.2) is 47.6 Å². The highest BCUT2D eigenvalue weighted by Crippen LogP contribution is 2.26.